The summed E-state index contributed by atoms with van der Waals surface area (Å²) in [5.74, 6) is 1.19. The number of benzene rings is 3. The molecule has 3 aromatic carbocycles. The number of carbonyl (C=O) groups is 3. The zero-order valence-corrected chi connectivity index (χ0v) is 37.6. The first-order chi connectivity index (χ1) is 27.3. The molecule has 2 heterocycles. The summed E-state index contributed by atoms with van der Waals surface area (Å²) in [6.07, 6.45) is 1.39. The number of carbonyl (C=O) groups excluding carboxylic acids is 3. The van der Waals surface area contributed by atoms with Gasteiger partial charge in [0.25, 0.3) is 5.91 Å². The van der Waals surface area contributed by atoms with E-state index in [1.165, 1.54) is 13.8 Å². The second-order valence-electron chi connectivity index (χ2n) is 16.5. The molecule has 3 aliphatic rings. The van der Waals surface area contributed by atoms with Crippen molar-refractivity contribution in [1.82, 2.24) is 14.7 Å². The minimum Gasteiger partial charge on any atom is -0.490 e. The van der Waals surface area contributed by atoms with Gasteiger partial charge in [0.05, 0.1) is 12.1 Å². The first-order valence-corrected chi connectivity index (χ1v) is 21.5. The highest BCUT2D eigenvalue weighted by atomic mass is 79.9. The van der Waals surface area contributed by atoms with Crippen LogP contribution in [0.1, 0.15) is 70.6 Å². The van der Waals surface area contributed by atoms with Crippen molar-refractivity contribution in [3.05, 3.63) is 99.5 Å². The topological polar surface area (TPSA) is 97.9 Å². The molecule has 1 aliphatic carbocycles. The number of aryl methyl sites for hydroxylation is 1. The SMILES string of the molecule is Cc1ccccc1CCN(C(=O)C1=C(c2ccc(OCCOc3ccc(Br)cc3)cc2)CC2CN(C(=O)OC(C)(C)C)CC1N2C(=O)OC(C)(C)C(Cl)(Cl)Cl)C1CC1. The van der Waals surface area contributed by atoms with E-state index in [1.54, 1.807) is 30.6 Å². The molecule has 0 aromatic heterocycles. The first-order valence-electron chi connectivity index (χ1n) is 19.6. The molecule has 2 aliphatic heterocycles. The normalized spacial score (nSPS) is 18.4. The molecular formula is C44H51BrCl3N3O7. The first kappa shape index (κ1) is 43.9. The van der Waals surface area contributed by atoms with Gasteiger partial charge in [0, 0.05) is 35.7 Å². The molecule has 1 saturated carbocycles. The minimum absolute atomic E-state index is 0.00482. The van der Waals surface area contributed by atoms with Gasteiger partial charge in [-0.05, 0) is 126 Å². The molecule has 2 bridgehead atoms. The van der Waals surface area contributed by atoms with Gasteiger partial charge in [-0.3, -0.25) is 9.69 Å². The molecule has 2 unspecified atom stereocenters. The molecule has 2 atom stereocenters. The van der Waals surface area contributed by atoms with Gasteiger partial charge in [-0.25, -0.2) is 9.59 Å². The predicted octanol–water partition coefficient (Wildman–Crippen LogP) is 10.2. The molecular weight excluding hydrogens is 869 g/mol. The van der Waals surface area contributed by atoms with E-state index in [9.17, 15) is 9.59 Å². The number of piperazine rings is 1. The molecule has 14 heteroatoms. The standard InChI is InChI=1S/C44H51BrCl3N3O7/c1-28-9-7-8-10-29(28)21-22-50(32-15-16-32)39(52)38-36(30-11-17-34(18-12-30)55-23-24-56-35-19-13-31(45)14-20-35)25-33-26-49(40(53)57-42(2,3)4)27-37(38)51(33)41(54)58-43(5,6)44(46,47)48/h7-14,17-20,32-33,37H,15-16,21-27H2,1-6H3. The zero-order valence-electron chi connectivity index (χ0n) is 33.7. The van der Waals surface area contributed by atoms with Crippen molar-refractivity contribution in [2.24, 2.45) is 0 Å². The van der Waals surface area contributed by atoms with Crippen LogP contribution in [0, 0.1) is 6.92 Å². The summed E-state index contributed by atoms with van der Waals surface area (Å²) in [5.41, 5.74) is 2.05. The molecule has 0 radical (unpaired) electrons. The third-order valence-electron chi connectivity index (χ3n) is 10.5. The summed E-state index contributed by atoms with van der Waals surface area (Å²) < 4.78 is 22.6. The molecule has 3 aromatic rings. The number of hydrogen-bond donors (Lipinski definition) is 0. The molecule has 0 spiro atoms. The summed E-state index contributed by atoms with van der Waals surface area (Å²) >= 11 is 22.3. The molecule has 312 valence electrons. The number of nitrogens with zero attached hydrogens (tertiary/aromatic N) is 3. The highest BCUT2D eigenvalue weighted by Crippen LogP contribution is 2.44. The lowest BCUT2D eigenvalue weighted by atomic mass is 9.81. The Morgan fingerprint density at radius 2 is 1.41 bits per heavy atom. The lowest BCUT2D eigenvalue weighted by Crippen LogP contribution is -2.66. The van der Waals surface area contributed by atoms with Crippen molar-refractivity contribution in [3.8, 4) is 11.5 Å². The average Bonchev–Trinajstić information content (AvgIpc) is 3.99. The molecule has 0 N–H and O–H groups in total. The fourth-order valence-corrected chi connectivity index (χ4v) is 7.64. The van der Waals surface area contributed by atoms with Crippen molar-refractivity contribution in [2.75, 3.05) is 32.8 Å². The molecule has 1 saturated heterocycles. The Morgan fingerprint density at radius 3 is 1.98 bits per heavy atom. The van der Waals surface area contributed by atoms with Crippen LogP contribution in [0.15, 0.2) is 82.8 Å². The van der Waals surface area contributed by atoms with Gasteiger partial charge in [0.1, 0.15) is 30.3 Å². The number of alkyl halides is 3. The summed E-state index contributed by atoms with van der Waals surface area (Å²) in [6.45, 7) is 11.8. The highest BCUT2D eigenvalue weighted by molar-refractivity contribution is 9.10. The maximum absolute atomic E-state index is 15.3. The second-order valence-corrected chi connectivity index (χ2v) is 19.7. The number of hydrogen-bond acceptors (Lipinski definition) is 7. The van der Waals surface area contributed by atoms with Crippen molar-refractivity contribution in [1.29, 1.82) is 0 Å². The van der Waals surface area contributed by atoms with Crippen LogP contribution in [0.25, 0.3) is 5.57 Å². The maximum atomic E-state index is 15.3. The zero-order chi connectivity index (χ0) is 42.0. The van der Waals surface area contributed by atoms with E-state index in [2.05, 4.69) is 35.0 Å². The number of rotatable bonds is 12. The van der Waals surface area contributed by atoms with Gasteiger partial charge in [0.15, 0.2) is 5.60 Å². The molecule has 2 fully saturated rings. The van der Waals surface area contributed by atoms with Crippen LogP contribution in [0.3, 0.4) is 0 Å². The average molecular weight is 920 g/mol. The van der Waals surface area contributed by atoms with Crippen molar-refractivity contribution >= 4 is 74.4 Å². The second kappa shape index (κ2) is 17.9. The van der Waals surface area contributed by atoms with Crippen LogP contribution in [0.2, 0.25) is 0 Å². The highest BCUT2D eigenvalue weighted by Gasteiger charge is 2.52. The van der Waals surface area contributed by atoms with Crippen LogP contribution in [0.4, 0.5) is 9.59 Å². The van der Waals surface area contributed by atoms with Crippen LogP contribution < -0.4 is 9.47 Å². The summed E-state index contributed by atoms with van der Waals surface area (Å²) in [7, 11) is 0. The Kier molecular flexibility index (Phi) is 13.6. The number of halogens is 4. The van der Waals surface area contributed by atoms with E-state index in [4.69, 9.17) is 53.8 Å². The smallest absolute Gasteiger partial charge is 0.411 e. The van der Waals surface area contributed by atoms with Crippen molar-refractivity contribution in [2.45, 2.75) is 100 Å². The largest absolute Gasteiger partial charge is 0.490 e. The van der Waals surface area contributed by atoms with Gasteiger partial charge in [-0.1, -0.05) is 87.1 Å². The summed E-state index contributed by atoms with van der Waals surface area (Å²) in [6, 6.07) is 21.9. The van der Waals surface area contributed by atoms with Gasteiger partial charge < -0.3 is 28.7 Å². The molecule has 3 amide bonds. The third kappa shape index (κ3) is 10.7. The number of fused-ring (bicyclic) bond motifs is 2. The van der Waals surface area contributed by atoms with Gasteiger partial charge in [0.2, 0.25) is 3.79 Å². The monoisotopic (exact) mass is 917 g/mol. The molecule has 58 heavy (non-hydrogen) atoms. The fraction of sp³-hybridized carbons (Fsp3) is 0.477. The van der Waals surface area contributed by atoms with Gasteiger partial charge in [-0.2, -0.15) is 0 Å². The summed E-state index contributed by atoms with van der Waals surface area (Å²) in [5, 5.41) is 0. The van der Waals surface area contributed by atoms with E-state index in [-0.39, 0.29) is 31.5 Å². The van der Waals surface area contributed by atoms with E-state index in [0.29, 0.717) is 37.5 Å². The minimum atomic E-state index is -1.94. The van der Waals surface area contributed by atoms with Crippen LogP contribution in [-0.2, 0) is 20.7 Å². The van der Waals surface area contributed by atoms with E-state index >= 15 is 4.79 Å². The fourth-order valence-electron chi connectivity index (χ4n) is 7.26. The van der Waals surface area contributed by atoms with Gasteiger partial charge in [-0.15, -0.1) is 0 Å². The van der Waals surface area contributed by atoms with Gasteiger partial charge >= 0.3 is 12.2 Å². The Balaban J connectivity index is 1.36. The van der Waals surface area contributed by atoms with Crippen LogP contribution >= 0.6 is 50.7 Å². The Labute approximate surface area is 364 Å². The quantitative estimate of drug-likeness (QED) is 0.132. The number of amides is 3. The third-order valence-corrected chi connectivity index (χ3v) is 12.4. The Bertz CT molecular complexity index is 1990. The summed E-state index contributed by atoms with van der Waals surface area (Å²) in [4.78, 5) is 48.4. The predicted molar refractivity (Wildman–Crippen MR) is 231 cm³/mol. The lowest BCUT2D eigenvalue weighted by Gasteiger charge is -2.51. The van der Waals surface area contributed by atoms with E-state index in [0.717, 1.165) is 45.3 Å². The van der Waals surface area contributed by atoms with E-state index < -0.39 is 39.3 Å². The molecule has 10 nitrogen and oxygen atoms in total. The van der Waals surface area contributed by atoms with Crippen molar-refractivity contribution < 1.29 is 33.3 Å². The molecule has 6 rings (SSSR count). The Hall–Kier alpha value is -3.64. The number of ether oxygens (including phenoxy) is 4. The lowest BCUT2D eigenvalue weighted by molar-refractivity contribution is -0.129. The Morgan fingerprint density at radius 1 is 0.810 bits per heavy atom. The maximum Gasteiger partial charge on any atom is 0.411 e. The van der Waals surface area contributed by atoms with E-state index in [1.807, 2.05) is 65.6 Å². The van der Waals surface area contributed by atoms with Crippen LogP contribution in [0.5, 0.6) is 11.5 Å². The van der Waals surface area contributed by atoms with Crippen LogP contribution in [-0.4, -0.2) is 98.8 Å². The van der Waals surface area contributed by atoms with Crippen molar-refractivity contribution in [3.63, 3.8) is 0 Å².